The molecule has 1 amide bonds. The molecule has 0 spiro atoms. The topological polar surface area (TPSA) is 76.1 Å². The maximum atomic E-state index is 13.1. The monoisotopic (exact) mass is 412 g/mol. The van der Waals surface area contributed by atoms with Gasteiger partial charge in [0.05, 0.1) is 7.11 Å². The highest BCUT2D eigenvalue weighted by Gasteiger charge is 2.24. The molecule has 0 saturated carbocycles. The molecule has 0 saturated heterocycles. The minimum Gasteiger partial charge on any atom is -0.497 e. The molecule has 1 heterocycles. The number of anilines is 2. The summed E-state index contributed by atoms with van der Waals surface area (Å²) in [6.07, 6.45) is 1.75. The van der Waals surface area contributed by atoms with Crippen LogP contribution in [0.5, 0.6) is 5.75 Å². The van der Waals surface area contributed by atoms with Gasteiger partial charge >= 0.3 is 0 Å². The van der Waals surface area contributed by atoms with E-state index in [9.17, 15) is 4.79 Å². The molecule has 0 aliphatic heterocycles. The molecule has 0 radical (unpaired) electrons. The van der Waals surface area contributed by atoms with E-state index < -0.39 is 5.25 Å². The van der Waals surface area contributed by atoms with Crippen LogP contribution in [0.4, 0.5) is 10.8 Å². The normalized spacial score (nSPS) is 11.5. The summed E-state index contributed by atoms with van der Waals surface area (Å²) in [7, 11) is 1.59. The summed E-state index contributed by atoms with van der Waals surface area (Å²) in [5.74, 6) is 0.545. The van der Waals surface area contributed by atoms with Gasteiger partial charge in [-0.05, 0) is 17.7 Å². The van der Waals surface area contributed by atoms with Gasteiger partial charge in [-0.1, -0.05) is 65.6 Å². The fraction of sp³-hybridized carbons (Fsp3) is 0.150. The van der Waals surface area contributed by atoms with Crippen LogP contribution in [0.1, 0.15) is 10.8 Å². The van der Waals surface area contributed by atoms with Crippen molar-refractivity contribution in [2.75, 3.05) is 24.3 Å². The third-order valence-electron chi connectivity index (χ3n) is 3.70. The number of aromatic nitrogens is 2. The van der Waals surface area contributed by atoms with Gasteiger partial charge < -0.3 is 15.4 Å². The van der Waals surface area contributed by atoms with Crippen LogP contribution < -0.4 is 15.4 Å². The molecular weight excluding hydrogens is 392 g/mol. The lowest BCUT2D eigenvalue weighted by molar-refractivity contribution is -0.115. The molecule has 2 aromatic carbocycles. The number of amides is 1. The number of nitrogens with zero attached hydrogens (tertiary/aromatic N) is 2. The van der Waals surface area contributed by atoms with Crippen LogP contribution in [0, 0.1) is 0 Å². The third-order valence-corrected chi connectivity index (χ3v) is 5.92. The average molecular weight is 413 g/mol. The second-order valence-corrected chi connectivity index (χ2v) is 8.00. The number of carbonyl (C=O) groups is 1. The fourth-order valence-electron chi connectivity index (χ4n) is 2.40. The van der Waals surface area contributed by atoms with Gasteiger partial charge in [0, 0.05) is 18.3 Å². The first kappa shape index (κ1) is 19.9. The standard InChI is InChI=1S/C20H20N4O2S2/c1-3-12-21-19-23-24-20(28-19)27-17(14-8-5-4-6-9-14)18(25)22-15-10-7-11-16(13-15)26-2/h3-11,13,17H,1,12H2,2H3,(H,21,23)(H,22,25). The van der Waals surface area contributed by atoms with E-state index in [-0.39, 0.29) is 5.91 Å². The molecule has 3 rings (SSSR count). The Morgan fingerprint density at radius 1 is 1.25 bits per heavy atom. The maximum Gasteiger partial charge on any atom is 0.242 e. The van der Waals surface area contributed by atoms with Gasteiger partial charge in [-0.2, -0.15) is 0 Å². The van der Waals surface area contributed by atoms with Gasteiger partial charge in [0.2, 0.25) is 11.0 Å². The Morgan fingerprint density at radius 3 is 2.82 bits per heavy atom. The Balaban J connectivity index is 1.79. The van der Waals surface area contributed by atoms with Gasteiger partial charge in [-0.15, -0.1) is 16.8 Å². The Morgan fingerprint density at radius 2 is 2.07 bits per heavy atom. The van der Waals surface area contributed by atoms with E-state index in [0.29, 0.717) is 27.5 Å². The summed E-state index contributed by atoms with van der Waals surface area (Å²) >= 11 is 2.78. The minimum atomic E-state index is -0.465. The molecule has 28 heavy (non-hydrogen) atoms. The number of rotatable bonds is 9. The smallest absolute Gasteiger partial charge is 0.242 e. The maximum absolute atomic E-state index is 13.1. The fourth-order valence-corrected chi connectivity index (χ4v) is 4.35. The number of hydrogen-bond acceptors (Lipinski definition) is 7. The molecule has 1 aromatic heterocycles. The van der Waals surface area contributed by atoms with Crippen LogP contribution in [0.25, 0.3) is 0 Å². The van der Waals surface area contributed by atoms with Crippen molar-refractivity contribution in [2.24, 2.45) is 0 Å². The number of benzene rings is 2. The van der Waals surface area contributed by atoms with Crippen molar-refractivity contribution in [1.29, 1.82) is 0 Å². The summed E-state index contributed by atoms with van der Waals surface area (Å²) in [6, 6.07) is 16.9. The first-order chi connectivity index (χ1) is 13.7. The van der Waals surface area contributed by atoms with E-state index in [2.05, 4.69) is 27.4 Å². The molecule has 0 aliphatic carbocycles. The Bertz CT molecular complexity index is 931. The van der Waals surface area contributed by atoms with Gasteiger partial charge in [0.15, 0.2) is 4.34 Å². The summed E-state index contributed by atoms with van der Waals surface area (Å²) in [5.41, 5.74) is 1.57. The second kappa shape index (κ2) is 9.91. The quantitative estimate of drug-likeness (QED) is 0.395. The van der Waals surface area contributed by atoms with Gasteiger partial charge in [-0.25, -0.2) is 0 Å². The van der Waals surface area contributed by atoms with Gasteiger partial charge in [-0.3, -0.25) is 4.79 Å². The first-order valence-corrected chi connectivity index (χ1v) is 10.2. The van der Waals surface area contributed by atoms with Crippen molar-refractivity contribution in [3.8, 4) is 5.75 Å². The molecule has 3 aromatic rings. The van der Waals surface area contributed by atoms with Crippen molar-refractivity contribution in [3.63, 3.8) is 0 Å². The zero-order valence-electron chi connectivity index (χ0n) is 15.3. The Kier molecular flexibility index (Phi) is 7.05. The van der Waals surface area contributed by atoms with Crippen LogP contribution in [-0.4, -0.2) is 29.8 Å². The highest BCUT2D eigenvalue weighted by molar-refractivity contribution is 8.02. The van der Waals surface area contributed by atoms with E-state index in [0.717, 1.165) is 5.56 Å². The number of thioether (sulfide) groups is 1. The minimum absolute atomic E-state index is 0.139. The number of ether oxygens (including phenoxy) is 1. The average Bonchev–Trinajstić information content (AvgIpc) is 3.18. The number of carbonyl (C=O) groups excluding carboxylic acids is 1. The van der Waals surface area contributed by atoms with E-state index in [1.165, 1.54) is 23.1 Å². The summed E-state index contributed by atoms with van der Waals surface area (Å²) in [4.78, 5) is 13.1. The predicted molar refractivity (Wildman–Crippen MR) is 115 cm³/mol. The van der Waals surface area contributed by atoms with Gasteiger partial charge in [0.25, 0.3) is 0 Å². The predicted octanol–water partition coefficient (Wildman–Crippen LogP) is 4.62. The number of nitrogens with one attached hydrogen (secondary N) is 2. The van der Waals surface area contributed by atoms with Crippen molar-refractivity contribution < 1.29 is 9.53 Å². The zero-order valence-corrected chi connectivity index (χ0v) is 16.9. The highest BCUT2D eigenvalue weighted by atomic mass is 32.2. The van der Waals surface area contributed by atoms with Crippen LogP contribution >= 0.6 is 23.1 Å². The van der Waals surface area contributed by atoms with Crippen molar-refractivity contribution in [1.82, 2.24) is 10.2 Å². The van der Waals surface area contributed by atoms with E-state index in [1.54, 1.807) is 19.3 Å². The van der Waals surface area contributed by atoms with Crippen LogP contribution in [0.3, 0.4) is 0 Å². The van der Waals surface area contributed by atoms with Gasteiger partial charge in [0.1, 0.15) is 11.0 Å². The summed E-state index contributed by atoms with van der Waals surface area (Å²) < 4.78 is 5.93. The second-order valence-electron chi connectivity index (χ2n) is 5.67. The zero-order chi connectivity index (χ0) is 19.8. The first-order valence-electron chi connectivity index (χ1n) is 8.54. The molecule has 1 atom stereocenters. The molecular formula is C20H20N4O2S2. The Hall–Kier alpha value is -2.84. The lowest BCUT2D eigenvalue weighted by atomic mass is 10.1. The summed E-state index contributed by atoms with van der Waals surface area (Å²) in [6.45, 7) is 4.28. The van der Waals surface area contributed by atoms with Crippen LogP contribution in [0.2, 0.25) is 0 Å². The summed E-state index contributed by atoms with van der Waals surface area (Å²) in [5, 5.41) is 14.6. The molecule has 2 N–H and O–H groups in total. The number of hydrogen-bond donors (Lipinski definition) is 2. The Labute approximate surface area is 172 Å². The largest absolute Gasteiger partial charge is 0.497 e. The third kappa shape index (κ3) is 5.34. The molecule has 6 nitrogen and oxygen atoms in total. The molecule has 8 heteroatoms. The van der Waals surface area contributed by atoms with E-state index >= 15 is 0 Å². The van der Waals surface area contributed by atoms with Crippen molar-refractivity contribution in [2.45, 2.75) is 9.59 Å². The molecule has 0 fully saturated rings. The van der Waals surface area contributed by atoms with E-state index in [4.69, 9.17) is 4.74 Å². The highest BCUT2D eigenvalue weighted by Crippen LogP contribution is 2.38. The SMILES string of the molecule is C=CCNc1nnc(SC(C(=O)Nc2cccc(OC)c2)c2ccccc2)s1. The lowest BCUT2D eigenvalue weighted by Crippen LogP contribution is -2.19. The molecule has 144 valence electrons. The van der Waals surface area contributed by atoms with E-state index in [1.807, 2.05) is 48.5 Å². The van der Waals surface area contributed by atoms with Crippen molar-refractivity contribution in [3.05, 3.63) is 72.8 Å². The molecule has 0 aliphatic rings. The van der Waals surface area contributed by atoms with Crippen LogP contribution in [-0.2, 0) is 4.79 Å². The van der Waals surface area contributed by atoms with Crippen LogP contribution in [0.15, 0.2) is 71.6 Å². The number of methoxy groups -OCH3 is 1. The van der Waals surface area contributed by atoms with Crippen molar-refractivity contribution >= 4 is 39.8 Å². The molecule has 1 unspecified atom stereocenters. The molecule has 0 bridgehead atoms. The lowest BCUT2D eigenvalue weighted by Gasteiger charge is -2.16.